The van der Waals surface area contributed by atoms with Gasteiger partial charge in [-0.3, -0.25) is 0 Å². The molecule has 0 aliphatic rings. The van der Waals surface area contributed by atoms with Gasteiger partial charge in [-0.2, -0.15) is 0 Å². The van der Waals surface area contributed by atoms with Crippen molar-refractivity contribution in [3.05, 3.63) is 24.3 Å². The van der Waals surface area contributed by atoms with E-state index in [1.807, 2.05) is 18.2 Å². The van der Waals surface area contributed by atoms with Crippen LogP contribution in [0, 0.1) is 0 Å². The Morgan fingerprint density at radius 2 is 2.18 bits per heavy atom. The molecule has 0 radical (unpaired) electrons. The maximum absolute atomic E-state index is 9.99. The van der Waals surface area contributed by atoms with E-state index in [9.17, 15) is 4.79 Å². The summed E-state index contributed by atoms with van der Waals surface area (Å²) in [6, 6.07) is 7.33. The molecule has 0 atom stereocenters. The molecule has 0 saturated heterocycles. The van der Waals surface area contributed by atoms with E-state index in [-0.39, 0.29) is 0 Å². The van der Waals surface area contributed by atoms with Crippen molar-refractivity contribution >= 4 is 17.7 Å². The molecule has 58 valence electrons. The Hall–Kier alpha value is -1.51. The average Bonchev–Trinajstić information content (AvgIpc) is 2.03. The number of nitrogen functional groups attached to an aromatic ring is 1. The van der Waals surface area contributed by atoms with Crippen LogP contribution in [-0.2, 0) is 4.79 Å². The summed E-state index contributed by atoms with van der Waals surface area (Å²) in [7, 11) is 0. The van der Waals surface area contributed by atoms with Gasteiger partial charge in [0.1, 0.15) is 6.29 Å². The molecule has 0 amide bonds. The molecule has 0 aliphatic heterocycles. The van der Waals surface area contributed by atoms with Crippen LogP contribution in [0.4, 0.5) is 11.4 Å². The zero-order valence-corrected chi connectivity index (χ0v) is 6.08. The summed E-state index contributed by atoms with van der Waals surface area (Å²) in [5, 5.41) is 2.87. The molecule has 3 nitrogen and oxygen atoms in total. The highest BCUT2D eigenvalue weighted by molar-refractivity contribution is 5.69. The second-order valence-electron chi connectivity index (χ2n) is 2.13. The summed E-state index contributed by atoms with van der Waals surface area (Å²) in [5.74, 6) is 0. The Labute approximate surface area is 65.2 Å². The van der Waals surface area contributed by atoms with Crippen molar-refractivity contribution in [2.75, 3.05) is 17.6 Å². The number of aldehydes is 1. The van der Waals surface area contributed by atoms with Gasteiger partial charge in [0.25, 0.3) is 0 Å². The van der Waals surface area contributed by atoms with E-state index in [0.717, 1.165) is 12.0 Å². The molecule has 1 aromatic carbocycles. The number of carbonyl (C=O) groups excluding carboxylic acids is 1. The lowest BCUT2D eigenvalue weighted by atomic mass is 10.3. The van der Waals surface area contributed by atoms with Gasteiger partial charge in [-0.15, -0.1) is 0 Å². The normalized spacial score (nSPS) is 9.09. The molecule has 0 bridgehead atoms. The fourth-order valence-electron chi connectivity index (χ4n) is 0.810. The Morgan fingerprint density at radius 3 is 2.82 bits per heavy atom. The topological polar surface area (TPSA) is 55.1 Å². The van der Waals surface area contributed by atoms with E-state index in [1.165, 1.54) is 0 Å². The Balaban J connectivity index is 2.69. The lowest BCUT2D eigenvalue weighted by Crippen LogP contribution is -2.04. The smallest absolute Gasteiger partial charge is 0.139 e. The quantitative estimate of drug-likeness (QED) is 0.496. The van der Waals surface area contributed by atoms with Gasteiger partial charge in [0.2, 0.25) is 0 Å². The van der Waals surface area contributed by atoms with Crippen molar-refractivity contribution in [3.63, 3.8) is 0 Å². The van der Waals surface area contributed by atoms with Crippen LogP contribution < -0.4 is 11.1 Å². The molecule has 11 heavy (non-hydrogen) atoms. The number of hydrogen-bond donors (Lipinski definition) is 2. The zero-order valence-electron chi connectivity index (χ0n) is 6.08. The minimum Gasteiger partial charge on any atom is -0.397 e. The number of nitrogens with one attached hydrogen (secondary N) is 1. The standard InChI is InChI=1S/C8H10N2O/c9-7-3-1-2-4-8(7)10-5-6-11/h1-4,6,10H,5,9H2. The first kappa shape index (κ1) is 7.60. The zero-order chi connectivity index (χ0) is 8.10. The lowest BCUT2D eigenvalue weighted by Gasteiger charge is -2.04. The monoisotopic (exact) mass is 150 g/mol. The van der Waals surface area contributed by atoms with Crippen LogP contribution in [-0.4, -0.2) is 12.8 Å². The first-order valence-electron chi connectivity index (χ1n) is 3.36. The molecule has 3 N–H and O–H groups in total. The molecule has 0 heterocycles. The molecule has 0 unspecified atom stereocenters. The highest BCUT2D eigenvalue weighted by atomic mass is 16.1. The predicted molar refractivity (Wildman–Crippen MR) is 45.4 cm³/mol. The summed E-state index contributed by atoms with van der Waals surface area (Å²) in [6.07, 6.45) is 0.798. The summed E-state index contributed by atoms with van der Waals surface area (Å²) in [5.41, 5.74) is 7.05. The third kappa shape index (κ3) is 1.97. The van der Waals surface area contributed by atoms with E-state index in [0.29, 0.717) is 12.2 Å². The molecular formula is C8H10N2O. The van der Waals surface area contributed by atoms with Crippen LogP contribution in [0.1, 0.15) is 0 Å². The Bertz CT molecular complexity index is 248. The highest BCUT2D eigenvalue weighted by Gasteiger charge is 1.93. The fourth-order valence-corrected chi connectivity index (χ4v) is 0.810. The number of hydrogen-bond acceptors (Lipinski definition) is 3. The first-order chi connectivity index (χ1) is 5.34. The number of carbonyl (C=O) groups is 1. The third-order valence-electron chi connectivity index (χ3n) is 1.34. The number of rotatable bonds is 3. The van der Waals surface area contributed by atoms with Crippen LogP contribution in [0.15, 0.2) is 24.3 Å². The van der Waals surface area contributed by atoms with Gasteiger partial charge in [-0.25, -0.2) is 0 Å². The van der Waals surface area contributed by atoms with Gasteiger partial charge in [0.15, 0.2) is 0 Å². The average molecular weight is 150 g/mol. The van der Waals surface area contributed by atoms with E-state index in [2.05, 4.69) is 5.32 Å². The van der Waals surface area contributed by atoms with Crippen LogP contribution in [0.3, 0.4) is 0 Å². The lowest BCUT2D eigenvalue weighted by molar-refractivity contribution is -0.106. The van der Waals surface area contributed by atoms with Crippen molar-refractivity contribution in [1.29, 1.82) is 0 Å². The van der Waals surface area contributed by atoms with Crippen LogP contribution in [0.5, 0.6) is 0 Å². The fraction of sp³-hybridized carbons (Fsp3) is 0.125. The molecule has 0 spiro atoms. The molecule has 0 aliphatic carbocycles. The van der Waals surface area contributed by atoms with Crippen LogP contribution in [0.25, 0.3) is 0 Å². The minimum atomic E-state index is 0.300. The van der Waals surface area contributed by atoms with Crippen molar-refractivity contribution in [2.24, 2.45) is 0 Å². The predicted octanol–water partition coefficient (Wildman–Crippen LogP) is 0.880. The van der Waals surface area contributed by atoms with E-state index in [4.69, 9.17) is 5.73 Å². The van der Waals surface area contributed by atoms with Gasteiger partial charge in [0.05, 0.1) is 17.9 Å². The van der Waals surface area contributed by atoms with Gasteiger partial charge < -0.3 is 15.8 Å². The molecule has 1 aromatic rings. The minimum absolute atomic E-state index is 0.300. The molecule has 3 heteroatoms. The van der Waals surface area contributed by atoms with E-state index in [1.54, 1.807) is 6.07 Å². The second kappa shape index (κ2) is 3.61. The third-order valence-corrected chi connectivity index (χ3v) is 1.34. The maximum Gasteiger partial charge on any atom is 0.139 e. The highest BCUT2D eigenvalue weighted by Crippen LogP contribution is 2.15. The first-order valence-corrected chi connectivity index (χ1v) is 3.36. The summed E-state index contributed by atoms with van der Waals surface area (Å²) < 4.78 is 0. The van der Waals surface area contributed by atoms with E-state index < -0.39 is 0 Å². The molecule has 0 saturated carbocycles. The van der Waals surface area contributed by atoms with Crippen molar-refractivity contribution in [1.82, 2.24) is 0 Å². The van der Waals surface area contributed by atoms with Crippen molar-refractivity contribution < 1.29 is 4.79 Å². The van der Waals surface area contributed by atoms with Crippen molar-refractivity contribution in [3.8, 4) is 0 Å². The van der Waals surface area contributed by atoms with E-state index >= 15 is 0 Å². The molecule has 0 fully saturated rings. The number of benzene rings is 1. The van der Waals surface area contributed by atoms with Gasteiger partial charge in [-0.05, 0) is 12.1 Å². The Kier molecular flexibility index (Phi) is 2.49. The largest absolute Gasteiger partial charge is 0.397 e. The molecule has 1 rings (SSSR count). The van der Waals surface area contributed by atoms with Crippen molar-refractivity contribution in [2.45, 2.75) is 0 Å². The second-order valence-corrected chi connectivity index (χ2v) is 2.13. The number of anilines is 2. The van der Waals surface area contributed by atoms with Gasteiger partial charge in [-0.1, -0.05) is 12.1 Å². The Morgan fingerprint density at radius 1 is 1.45 bits per heavy atom. The summed E-state index contributed by atoms with van der Waals surface area (Å²) in [4.78, 5) is 9.99. The SMILES string of the molecule is Nc1ccccc1NCC=O. The number of nitrogens with two attached hydrogens (primary N) is 1. The van der Waals surface area contributed by atoms with Gasteiger partial charge in [0, 0.05) is 0 Å². The molecular weight excluding hydrogens is 140 g/mol. The summed E-state index contributed by atoms with van der Waals surface area (Å²) >= 11 is 0. The number of para-hydroxylation sites is 2. The maximum atomic E-state index is 9.99. The van der Waals surface area contributed by atoms with Crippen LogP contribution >= 0.6 is 0 Å². The molecule has 0 aromatic heterocycles. The summed E-state index contributed by atoms with van der Waals surface area (Å²) in [6.45, 7) is 0.300. The van der Waals surface area contributed by atoms with Gasteiger partial charge >= 0.3 is 0 Å². The van der Waals surface area contributed by atoms with Crippen LogP contribution in [0.2, 0.25) is 0 Å².